The molecule has 4 aliphatic rings. The smallest absolute Gasteiger partial charge is 0.167 e. The van der Waals surface area contributed by atoms with Gasteiger partial charge in [0.05, 0.1) is 16.7 Å². The number of benzene rings is 1. The molecule has 5 heteroatoms. The van der Waals surface area contributed by atoms with Crippen LogP contribution in [0, 0.1) is 40.8 Å². The fourth-order valence-electron chi connectivity index (χ4n) is 6.51. The van der Waals surface area contributed by atoms with Crippen LogP contribution < -0.4 is 5.32 Å². The topological polar surface area (TPSA) is 38.3 Å². The van der Waals surface area contributed by atoms with Crippen LogP contribution in [0.2, 0.25) is 0 Å². The maximum Gasteiger partial charge on any atom is 0.167 e. The van der Waals surface area contributed by atoms with Gasteiger partial charge in [-0.05, 0) is 74.6 Å². The summed E-state index contributed by atoms with van der Waals surface area (Å²) in [5.41, 5.74) is 1.05. The highest BCUT2D eigenvalue weighted by molar-refractivity contribution is 7.80. The fraction of sp³-hybridized carbons (Fsp3) is 0.630. The van der Waals surface area contributed by atoms with Gasteiger partial charge in [0.25, 0.3) is 0 Å². The molecule has 3 atom stereocenters. The molecule has 3 unspecified atom stereocenters. The molecule has 1 heterocycles. The average Bonchev–Trinajstić information content (AvgIpc) is 3.58. The normalized spacial score (nSPS) is 36.1. The van der Waals surface area contributed by atoms with Crippen molar-refractivity contribution in [1.82, 2.24) is 5.32 Å². The van der Waals surface area contributed by atoms with Gasteiger partial charge in [-0.1, -0.05) is 37.9 Å². The van der Waals surface area contributed by atoms with Gasteiger partial charge < -0.3 is 10.1 Å². The van der Waals surface area contributed by atoms with E-state index in [1.807, 2.05) is 6.07 Å². The summed E-state index contributed by atoms with van der Waals surface area (Å²) >= 11 is 5.82. The molecule has 1 saturated heterocycles. The summed E-state index contributed by atoms with van der Waals surface area (Å²) in [5.74, 6) is 6.49. The van der Waals surface area contributed by atoms with E-state index in [-0.39, 0.29) is 35.0 Å². The molecule has 1 aromatic carbocycles. The summed E-state index contributed by atoms with van der Waals surface area (Å²) in [6.45, 7) is 4.12. The Bertz CT molecular complexity index is 1030. The lowest BCUT2D eigenvalue weighted by Crippen LogP contribution is -2.67. The Labute approximate surface area is 195 Å². The lowest BCUT2D eigenvalue weighted by Gasteiger charge is -2.54. The van der Waals surface area contributed by atoms with Crippen molar-refractivity contribution in [2.75, 3.05) is 7.11 Å². The third-order valence-corrected chi connectivity index (χ3v) is 9.08. The second kappa shape index (κ2) is 7.92. The van der Waals surface area contributed by atoms with Crippen LogP contribution in [0.5, 0.6) is 0 Å². The third kappa shape index (κ3) is 3.17. The zero-order valence-electron chi connectivity index (χ0n) is 19.2. The van der Waals surface area contributed by atoms with Crippen LogP contribution in [0.15, 0.2) is 12.1 Å². The summed E-state index contributed by atoms with van der Waals surface area (Å²) in [6, 6.07) is 3.51. The van der Waals surface area contributed by atoms with Gasteiger partial charge >= 0.3 is 0 Å². The first-order chi connectivity index (χ1) is 15.3. The average molecular weight is 454 g/mol. The van der Waals surface area contributed by atoms with Crippen molar-refractivity contribution in [3.63, 3.8) is 0 Å². The standard InChI is InChI=1S/C27H32FNO2S/c1-4-21-16(2)25(32)29-27(24(21)30)22-13-18(8-7-17-5-6-17)23(28)14-19(22)15-26(27)11-9-20(31-3)10-12-26/h13-14,16-17,20-21H,4-6,9-12,15H2,1-3H3,(H,29,32). The minimum Gasteiger partial charge on any atom is -0.381 e. The molecule has 3 nitrogen and oxygen atoms in total. The van der Waals surface area contributed by atoms with E-state index in [0.29, 0.717) is 17.9 Å². The Kier molecular flexibility index (Phi) is 5.46. The van der Waals surface area contributed by atoms with E-state index in [1.165, 1.54) is 0 Å². The summed E-state index contributed by atoms with van der Waals surface area (Å²) in [6.07, 6.45) is 7.37. The first-order valence-corrected chi connectivity index (χ1v) is 12.5. The summed E-state index contributed by atoms with van der Waals surface area (Å²) in [7, 11) is 1.76. The SMILES string of the molecule is CCC1C(=O)C2(NC(=S)C1C)c1cc(C#CC3CC3)c(F)cc1CC21CCC(OC)CC1. The van der Waals surface area contributed by atoms with E-state index in [2.05, 4.69) is 31.0 Å². The number of rotatable bonds is 2. The second-order valence-corrected chi connectivity index (χ2v) is 10.8. The largest absolute Gasteiger partial charge is 0.381 e. The molecule has 3 fully saturated rings. The van der Waals surface area contributed by atoms with Crippen LogP contribution in [0.3, 0.4) is 0 Å². The molecule has 0 bridgehead atoms. The highest BCUT2D eigenvalue weighted by Gasteiger charge is 2.65. The van der Waals surface area contributed by atoms with Crippen LogP contribution in [0.25, 0.3) is 0 Å². The zero-order valence-corrected chi connectivity index (χ0v) is 20.0. The molecular weight excluding hydrogens is 421 g/mol. The highest BCUT2D eigenvalue weighted by Crippen LogP contribution is 2.60. The van der Waals surface area contributed by atoms with E-state index in [4.69, 9.17) is 17.0 Å². The Morgan fingerprint density at radius 2 is 1.97 bits per heavy atom. The number of carbonyl (C=O) groups is 1. The molecule has 0 radical (unpaired) electrons. The molecule has 5 rings (SSSR count). The number of fused-ring (bicyclic) bond motifs is 3. The van der Waals surface area contributed by atoms with Gasteiger partial charge in [-0.2, -0.15) is 0 Å². The van der Waals surface area contributed by atoms with Gasteiger partial charge in [-0.3, -0.25) is 4.79 Å². The van der Waals surface area contributed by atoms with Crippen LogP contribution in [0.1, 0.15) is 75.5 Å². The number of carbonyl (C=O) groups excluding carboxylic acids is 1. The Morgan fingerprint density at radius 1 is 1.25 bits per heavy atom. The zero-order chi connectivity index (χ0) is 22.7. The van der Waals surface area contributed by atoms with E-state index in [0.717, 1.165) is 61.1 Å². The van der Waals surface area contributed by atoms with Gasteiger partial charge in [-0.25, -0.2) is 4.39 Å². The van der Waals surface area contributed by atoms with Gasteiger partial charge in [-0.15, -0.1) is 0 Å². The van der Waals surface area contributed by atoms with E-state index in [9.17, 15) is 4.79 Å². The summed E-state index contributed by atoms with van der Waals surface area (Å²) in [5, 5.41) is 3.60. The number of hydrogen-bond donors (Lipinski definition) is 1. The van der Waals surface area contributed by atoms with E-state index in [1.54, 1.807) is 13.2 Å². The quantitative estimate of drug-likeness (QED) is 0.501. The van der Waals surface area contributed by atoms with Crippen LogP contribution >= 0.6 is 12.2 Å². The number of halogens is 1. The predicted octanol–water partition coefficient (Wildman–Crippen LogP) is 5.08. The summed E-state index contributed by atoms with van der Waals surface area (Å²) < 4.78 is 20.7. The predicted molar refractivity (Wildman–Crippen MR) is 127 cm³/mol. The Balaban J connectivity index is 1.67. The maximum absolute atomic E-state index is 15.1. The molecule has 32 heavy (non-hydrogen) atoms. The van der Waals surface area contributed by atoms with Gasteiger partial charge in [0.15, 0.2) is 5.78 Å². The first-order valence-electron chi connectivity index (χ1n) is 12.1. The third-order valence-electron chi connectivity index (χ3n) is 8.61. The Hall–Kier alpha value is -1.77. The van der Waals surface area contributed by atoms with Crippen molar-refractivity contribution in [1.29, 1.82) is 0 Å². The molecular formula is C27H32FNO2S. The lowest BCUT2D eigenvalue weighted by molar-refractivity contribution is -0.140. The van der Waals surface area contributed by atoms with Crippen molar-refractivity contribution >= 4 is 23.0 Å². The fourth-order valence-corrected chi connectivity index (χ4v) is 6.83. The molecule has 1 aliphatic heterocycles. The monoisotopic (exact) mass is 453 g/mol. The molecule has 170 valence electrons. The Morgan fingerprint density at radius 3 is 2.59 bits per heavy atom. The number of hydrogen-bond acceptors (Lipinski definition) is 3. The van der Waals surface area contributed by atoms with Crippen molar-refractivity contribution in [3.05, 3.63) is 34.6 Å². The molecule has 0 aromatic heterocycles. The van der Waals surface area contributed by atoms with Crippen molar-refractivity contribution in [2.24, 2.45) is 23.2 Å². The lowest BCUT2D eigenvalue weighted by atomic mass is 9.56. The number of Topliss-reactive ketones (excluding diaryl/α,β-unsaturated/α-hetero) is 1. The number of methoxy groups -OCH3 is 1. The van der Waals surface area contributed by atoms with E-state index < -0.39 is 5.54 Å². The van der Waals surface area contributed by atoms with Crippen LogP contribution in [0.4, 0.5) is 4.39 Å². The molecule has 3 aliphatic carbocycles. The van der Waals surface area contributed by atoms with E-state index >= 15 is 4.39 Å². The number of thiocarbonyl (C=S) groups is 1. The van der Waals surface area contributed by atoms with Gasteiger partial charge in [0.2, 0.25) is 0 Å². The maximum atomic E-state index is 15.1. The highest BCUT2D eigenvalue weighted by atomic mass is 32.1. The minimum absolute atomic E-state index is 0.0131. The van der Waals surface area contributed by atoms with Gasteiger partial charge in [0, 0.05) is 30.3 Å². The van der Waals surface area contributed by atoms with Crippen molar-refractivity contribution in [2.45, 2.75) is 76.9 Å². The molecule has 2 spiro atoms. The molecule has 1 aromatic rings. The summed E-state index contributed by atoms with van der Waals surface area (Å²) in [4.78, 5) is 15.1. The van der Waals surface area contributed by atoms with Crippen LogP contribution in [-0.2, 0) is 21.5 Å². The molecule has 2 saturated carbocycles. The number of ether oxygens (including phenoxy) is 1. The van der Waals surface area contributed by atoms with Crippen LogP contribution in [-0.4, -0.2) is 24.0 Å². The van der Waals surface area contributed by atoms with Gasteiger partial charge in [0.1, 0.15) is 11.4 Å². The minimum atomic E-state index is -0.894. The number of ketones is 1. The second-order valence-electron chi connectivity index (χ2n) is 10.3. The number of nitrogens with one attached hydrogen (secondary N) is 1. The molecule has 1 N–H and O–H groups in total. The number of piperidine rings is 1. The molecule has 0 amide bonds. The van der Waals surface area contributed by atoms with Crippen molar-refractivity contribution < 1.29 is 13.9 Å². The van der Waals surface area contributed by atoms with Crippen molar-refractivity contribution in [3.8, 4) is 11.8 Å². The first kappa shape index (κ1) is 22.0.